The van der Waals surface area contributed by atoms with Gasteiger partial charge in [-0.1, -0.05) is 40.2 Å². The third kappa shape index (κ3) is 2.23. The average molecular weight is 281 g/mol. The van der Waals surface area contributed by atoms with E-state index in [-0.39, 0.29) is 17.4 Å². The van der Waals surface area contributed by atoms with Gasteiger partial charge in [0.1, 0.15) is 0 Å². The molecule has 2 aromatic rings. The van der Waals surface area contributed by atoms with Crippen molar-refractivity contribution < 1.29 is 9.90 Å². The first-order valence-corrected chi connectivity index (χ1v) is 4.90. The van der Waals surface area contributed by atoms with Gasteiger partial charge in [0.25, 0.3) is 0 Å². The topological polar surface area (TPSA) is 37.3 Å². The van der Waals surface area contributed by atoms with Crippen LogP contribution in [0.25, 0.3) is 10.8 Å². The number of hydrogen-bond donors (Lipinski definition) is 1. The third-order valence-corrected chi connectivity index (χ3v) is 2.79. The van der Waals surface area contributed by atoms with Gasteiger partial charge in [0.05, 0.1) is 5.56 Å². The van der Waals surface area contributed by atoms with Gasteiger partial charge in [-0.15, -0.1) is 0 Å². The second-order valence-corrected chi connectivity index (χ2v) is 3.80. The minimum atomic E-state index is -0.895. The van der Waals surface area contributed by atoms with E-state index in [0.29, 0.717) is 5.56 Å². The maximum Gasteiger partial charge on any atom is 0.336 e. The van der Waals surface area contributed by atoms with Crippen LogP contribution in [0.15, 0.2) is 40.9 Å². The molecule has 0 fully saturated rings. The number of aromatic carboxylic acids is 1. The van der Waals surface area contributed by atoms with Crippen molar-refractivity contribution in [1.29, 1.82) is 0 Å². The zero-order valence-electron chi connectivity index (χ0n) is 7.20. The summed E-state index contributed by atoms with van der Waals surface area (Å²) in [5.74, 6) is -0.895. The second kappa shape index (κ2) is 4.80. The number of carboxylic acids is 1. The van der Waals surface area contributed by atoms with E-state index in [0.717, 1.165) is 15.2 Å². The van der Waals surface area contributed by atoms with Gasteiger partial charge in [-0.3, -0.25) is 0 Å². The molecular weight excluding hydrogens is 271 g/mol. The van der Waals surface area contributed by atoms with Crippen LogP contribution in [0, 0.1) is 0 Å². The number of rotatable bonds is 1. The maximum atomic E-state index is 10.9. The third-order valence-electron chi connectivity index (χ3n) is 2.10. The van der Waals surface area contributed by atoms with E-state index in [1.165, 1.54) is 0 Å². The summed E-state index contributed by atoms with van der Waals surface area (Å²) in [6, 6.07) is 10.8. The summed E-state index contributed by atoms with van der Waals surface area (Å²) in [5.41, 5.74) is 0.337. The van der Waals surface area contributed by atoms with Crippen LogP contribution in [0.5, 0.6) is 0 Å². The molecule has 0 radical (unpaired) electrons. The molecule has 0 aliphatic rings. The molecule has 0 atom stereocenters. The Morgan fingerprint density at radius 2 is 1.67 bits per heavy atom. The van der Waals surface area contributed by atoms with Crippen LogP contribution in [0.3, 0.4) is 0 Å². The van der Waals surface area contributed by atoms with Crippen molar-refractivity contribution in [1.82, 2.24) is 0 Å². The molecule has 2 aromatic carbocycles. The standard InChI is InChI=1S/C11H7BrO2.Al.3H/c12-10-6-2-3-7-8(10)4-1-5-9(7)11(13)14;;;;/h1-6H,(H,13,14);;;;. The number of fused-ring (bicyclic) bond motifs is 1. The predicted octanol–water partition coefficient (Wildman–Crippen LogP) is 2.12. The van der Waals surface area contributed by atoms with E-state index in [1.54, 1.807) is 12.1 Å². The van der Waals surface area contributed by atoms with Crippen molar-refractivity contribution in [2.24, 2.45) is 0 Å². The molecule has 0 spiro atoms. The molecule has 76 valence electrons. The maximum absolute atomic E-state index is 10.9. The van der Waals surface area contributed by atoms with Crippen LogP contribution >= 0.6 is 15.9 Å². The molecule has 0 aromatic heterocycles. The Balaban J connectivity index is 0.00000112. The lowest BCUT2D eigenvalue weighted by molar-refractivity contribution is 0.0699. The van der Waals surface area contributed by atoms with Gasteiger partial charge in [-0.2, -0.15) is 0 Å². The van der Waals surface area contributed by atoms with E-state index >= 15 is 0 Å². The molecular formula is C11H10AlBrO2. The smallest absolute Gasteiger partial charge is 0.336 e. The van der Waals surface area contributed by atoms with Gasteiger partial charge < -0.3 is 5.11 Å². The lowest BCUT2D eigenvalue weighted by atomic mass is 10.1. The van der Waals surface area contributed by atoms with Gasteiger partial charge in [0.2, 0.25) is 0 Å². The highest BCUT2D eigenvalue weighted by atomic mass is 79.9. The molecule has 2 rings (SSSR count). The number of hydrogen-bond acceptors (Lipinski definition) is 1. The molecule has 0 saturated carbocycles. The van der Waals surface area contributed by atoms with E-state index in [2.05, 4.69) is 15.9 Å². The lowest BCUT2D eigenvalue weighted by Crippen LogP contribution is -1.96. The monoisotopic (exact) mass is 280 g/mol. The minimum Gasteiger partial charge on any atom is -0.478 e. The molecule has 0 aliphatic carbocycles. The summed E-state index contributed by atoms with van der Waals surface area (Å²) in [5, 5.41) is 10.6. The van der Waals surface area contributed by atoms with Crippen LogP contribution < -0.4 is 0 Å². The highest BCUT2D eigenvalue weighted by Gasteiger charge is 2.08. The lowest BCUT2D eigenvalue weighted by Gasteiger charge is -2.03. The molecule has 0 unspecified atom stereocenters. The summed E-state index contributed by atoms with van der Waals surface area (Å²) in [4.78, 5) is 10.9. The molecule has 15 heavy (non-hydrogen) atoms. The number of carbonyl (C=O) groups is 1. The fourth-order valence-corrected chi connectivity index (χ4v) is 1.96. The van der Waals surface area contributed by atoms with Crippen LogP contribution in [0.4, 0.5) is 0 Å². The Hall–Kier alpha value is -0.818. The van der Waals surface area contributed by atoms with Crippen molar-refractivity contribution in [3.8, 4) is 0 Å². The molecule has 0 heterocycles. The van der Waals surface area contributed by atoms with Crippen LogP contribution in [0.2, 0.25) is 0 Å². The molecule has 1 N–H and O–H groups in total. The van der Waals surface area contributed by atoms with Crippen molar-refractivity contribution in [3.63, 3.8) is 0 Å². The molecule has 0 amide bonds. The van der Waals surface area contributed by atoms with Gasteiger partial charge >= 0.3 is 5.97 Å². The average Bonchev–Trinajstić information content (AvgIpc) is 2.17. The Morgan fingerprint density at radius 1 is 1.07 bits per heavy atom. The first-order valence-electron chi connectivity index (χ1n) is 4.10. The normalized spacial score (nSPS) is 9.67. The Bertz CT molecular complexity index is 511. The highest BCUT2D eigenvalue weighted by molar-refractivity contribution is 9.10. The quantitative estimate of drug-likeness (QED) is 0.813. The van der Waals surface area contributed by atoms with E-state index in [9.17, 15) is 4.79 Å². The summed E-state index contributed by atoms with van der Waals surface area (Å²) in [6.45, 7) is 0. The number of halogens is 1. The first kappa shape index (κ1) is 12.3. The summed E-state index contributed by atoms with van der Waals surface area (Å²) in [6.07, 6.45) is 0. The Kier molecular flexibility index (Phi) is 3.92. The van der Waals surface area contributed by atoms with Gasteiger partial charge in [0, 0.05) is 4.47 Å². The SMILES string of the molecule is O=C(O)c1cccc2c(Br)cccc12.[AlH3]. The minimum absolute atomic E-state index is 0. The summed E-state index contributed by atoms with van der Waals surface area (Å²) >= 11 is 3.39. The predicted molar refractivity (Wildman–Crippen MR) is 68.5 cm³/mol. The Morgan fingerprint density at radius 3 is 2.33 bits per heavy atom. The van der Waals surface area contributed by atoms with E-state index < -0.39 is 5.97 Å². The summed E-state index contributed by atoms with van der Waals surface area (Å²) < 4.78 is 0.915. The number of carboxylic acid groups (broad SMARTS) is 1. The highest BCUT2D eigenvalue weighted by Crippen LogP contribution is 2.26. The molecule has 0 saturated heterocycles. The van der Waals surface area contributed by atoms with Crippen LogP contribution in [-0.4, -0.2) is 28.4 Å². The second-order valence-electron chi connectivity index (χ2n) is 2.95. The van der Waals surface area contributed by atoms with Crippen molar-refractivity contribution in [3.05, 3.63) is 46.4 Å². The van der Waals surface area contributed by atoms with Crippen LogP contribution in [0.1, 0.15) is 10.4 Å². The van der Waals surface area contributed by atoms with E-state index in [4.69, 9.17) is 5.11 Å². The molecule has 0 bridgehead atoms. The fraction of sp³-hybridized carbons (Fsp3) is 0. The van der Waals surface area contributed by atoms with Crippen molar-refractivity contribution in [2.45, 2.75) is 0 Å². The zero-order chi connectivity index (χ0) is 10.1. The van der Waals surface area contributed by atoms with Crippen molar-refractivity contribution >= 4 is 50.0 Å². The Labute approximate surface area is 106 Å². The van der Waals surface area contributed by atoms with E-state index in [1.807, 2.05) is 24.3 Å². The number of benzene rings is 2. The molecule has 2 nitrogen and oxygen atoms in total. The van der Waals surface area contributed by atoms with Gasteiger partial charge in [-0.25, -0.2) is 4.79 Å². The largest absolute Gasteiger partial charge is 0.478 e. The van der Waals surface area contributed by atoms with Gasteiger partial charge in [0.15, 0.2) is 17.4 Å². The molecule has 4 heteroatoms. The van der Waals surface area contributed by atoms with Crippen LogP contribution in [-0.2, 0) is 0 Å². The first-order chi connectivity index (χ1) is 6.70. The van der Waals surface area contributed by atoms with Gasteiger partial charge in [-0.05, 0) is 22.9 Å². The fourth-order valence-electron chi connectivity index (χ4n) is 1.46. The summed E-state index contributed by atoms with van der Waals surface area (Å²) in [7, 11) is 0. The molecule has 0 aliphatic heterocycles. The van der Waals surface area contributed by atoms with Crippen molar-refractivity contribution in [2.75, 3.05) is 0 Å². The zero-order valence-corrected chi connectivity index (χ0v) is 8.78.